The van der Waals surface area contributed by atoms with Crippen LogP contribution in [0.2, 0.25) is 0 Å². The molecule has 0 aliphatic rings. The molecule has 22 heavy (non-hydrogen) atoms. The molecule has 0 saturated carbocycles. The predicted octanol–water partition coefficient (Wildman–Crippen LogP) is 1.17. The maximum Gasteiger partial charge on any atom is 0.354 e. The van der Waals surface area contributed by atoms with Crippen molar-refractivity contribution in [3.8, 4) is 0 Å². The van der Waals surface area contributed by atoms with Crippen molar-refractivity contribution in [1.82, 2.24) is 14.7 Å². The van der Waals surface area contributed by atoms with E-state index in [9.17, 15) is 14.7 Å². The molecule has 2 heterocycles. The number of amides is 1. The third-order valence-electron chi connectivity index (χ3n) is 3.31. The highest BCUT2D eigenvalue weighted by Gasteiger charge is 2.19. The van der Waals surface area contributed by atoms with E-state index >= 15 is 0 Å². The Morgan fingerprint density at radius 2 is 2.14 bits per heavy atom. The zero-order valence-electron chi connectivity index (χ0n) is 12.5. The quantitative estimate of drug-likeness (QED) is 0.743. The number of nitrogens with zero attached hydrogens (tertiary/aromatic N) is 2. The molecule has 7 nitrogen and oxygen atoms in total. The number of carbonyl (C=O) groups excluding carboxylic acids is 1. The van der Waals surface area contributed by atoms with Crippen LogP contribution in [0.1, 0.15) is 41.1 Å². The lowest BCUT2D eigenvalue weighted by Gasteiger charge is -2.18. The molecule has 0 aliphatic heterocycles. The van der Waals surface area contributed by atoms with Gasteiger partial charge < -0.3 is 15.5 Å². The molecule has 2 aromatic heterocycles. The summed E-state index contributed by atoms with van der Waals surface area (Å²) in [6.45, 7) is 3.86. The van der Waals surface area contributed by atoms with Crippen LogP contribution in [-0.4, -0.2) is 44.1 Å². The van der Waals surface area contributed by atoms with Gasteiger partial charge in [-0.1, -0.05) is 13.8 Å². The molecule has 0 fully saturated rings. The van der Waals surface area contributed by atoms with Gasteiger partial charge in [-0.05, 0) is 24.5 Å². The summed E-state index contributed by atoms with van der Waals surface area (Å²) in [5, 5.41) is 21.2. The fourth-order valence-corrected chi connectivity index (χ4v) is 2.36. The average molecular weight is 305 g/mol. The summed E-state index contributed by atoms with van der Waals surface area (Å²) < 4.78 is 1.35. The van der Waals surface area contributed by atoms with Crippen LogP contribution in [0.4, 0.5) is 0 Å². The van der Waals surface area contributed by atoms with E-state index in [0.29, 0.717) is 12.3 Å². The van der Waals surface area contributed by atoms with Crippen LogP contribution >= 0.6 is 0 Å². The molecule has 0 aliphatic carbocycles. The number of hydrogen-bond acceptors (Lipinski definition) is 4. The second-order valence-corrected chi connectivity index (χ2v) is 5.55. The zero-order chi connectivity index (χ0) is 16.3. The molecule has 3 N–H and O–H groups in total. The summed E-state index contributed by atoms with van der Waals surface area (Å²) in [4.78, 5) is 27.5. The molecule has 0 radical (unpaired) electrons. The monoisotopic (exact) mass is 305 g/mol. The average Bonchev–Trinajstić information content (AvgIpc) is 2.89. The van der Waals surface area contributed by atoms with Crippen molar-refractivity contribution in [3.05, 3.63) is 35.8 Å². The number of carboxylic acids is 1. The normalized spacial score (nSPS) is 12.5. The maximum absolute atomic E-state index is 12.4. The summed E-state index contributed by atoms with van der Waals surface area (Å²) in [6.07, 6.45) is 3.41. The van der Waals surface area contributed by atoms with E-state index in [1.54, 1.807) is 18.3 Å². The van der Waals surface area contributed by atoms with Crippen LogP contribution in [0.25, 0.3) is 5.65 Å². The third-order valence-corrected chi connectivity index (χ3v) is 3.31. The largest absolute Gasteiger partial charge is 0.477 e. The van der Waals surface area contributed by atoms with Gasteiger partial charge in [-0.2, -0.15) is 0 Å². The van der Waals surface area contributed by atoms with Crippen molar-refractivity contribution in [2.75, 3.05) is 6.61 Å². The number of hydrogen-bond donors (Lipinski definition) is 3. The first-order valence-corrected chi connectivity index (χ1v) is 7.05. The van der Waals surface area contributed by atoms with Crippen molar-refractivity contribution in [2.45, 2.75) is 26.3 Å². The minimum atomic E-state index is -1.11. The van der Waals surface area contributed by atoms with Gasteiger partial charge in [0.15, 0.2) is 5.69 Å². The summed E-state index contributed by atoms with van der Waals surface area (Å²) >= 11 is 0. The number of rotatable bonds is 6. The molecule has 0 spiro atoms. The molecule has 7 heteroatoms. The van der Waals surface area contributed by atoms with Crippen molar-refractivity contribution in [1.29, 1.82) is 0 Å². The van der Waals surface area contributed by atoms with Gasteiger partial charge in [0.1, 0.15) is 5.65 Å². The summed E-state index contributed by atoms with van der Waals surface area (Å²) in [5.41, 5.74) is 0.543. The molecule has 0 bridgehead atoms. The van der Waals surface area contributed by atoms with Gasteiger partial charge in [-0.15, -0.1) is 0 Å². The van der Waals surface area contributed by atoms with Crippen LogP contribution in [0.15, 0.2) is 24.5 Å². The van der Waals surface area contributed by atoms with Gasteiger partial charge in [0.05, 0.1) is 24.4 Å². The molecule has 1 atom stereocenters. The Morgan fingerprint density at radius 3 is 2.73 bits per heavy atom. The molecule has 0 unspecified atom stereocenters. The smallest absolute Gasteiger partial charge is 0.354 e. The van der Waals surface area contributed by atoms with Crippen LogP contribution in [0.3, 0.4) is 0 Å². The highest BCUT2D eigenvalue weighted by molar-refractivity contribution is 6.00. The first kappa shape index (κ1) is 16.0. The lowest BCUT2D eigenvalue weighted by molar-refractivity contribution is 0.0688. The number of fused-ring (bicyclic) bond motifs is 1. The highest BCUT2D eigenvalue weighted by atomic mass is 16.4. The Hall–Kier alpha value is -2.41. The Morgan fingerprint density at radius 1 is 1.41 bits per heavy atom. The Balaban J connectivity index is 2.30. The van der Waals surface area contributed by atoms with Crippen molar-refractivity contribution >= 4 is 17.5 Å². The number of imidazole rings is 1. The summed E-state index contributed by atoms with van der Waals surface area (Å²) in [7, 11) is 0. The number of carbonyl (C=O) groups is 2. The molecule has 2 rings (SSSR count). The van der Waals surface area contributed by atoms with Crippen LogP contribution < -0.4 is 5.32 Å². The standard InChI is InChI=1S/C15H19N3O4/c1-9(2)6-10(8-19)17-14(20)11-4-3-5-18-12(15(21)22)7-16-13(11)18/h3-5,7,9-10,19H,6,8H2,1-2H3,(H,17,20)(H,21,22)/t10-/m0/s1. The van der Waals surface area contributed by atoms with Crippen LogP contribution in [0, 0.1) is 5.92 Å². The lowest BCUT2D eigenvalue weighted by Crippen LogP contribution is -2.38. The maximum atomic E-state index is 12.4. The first-order chi connectivity index (χ1) is 10.4. The van der Waals surface area contributed by atoms with E-state index in [0.717, 1.165) is 0 Å². The van der Waals surface area contributed by atoms with Gasteiger partial charge >= 0.3 is 5.97 Å². The van der Waals surface area contributed by atoms with Gasteiger partial charge in [-0.25, -0.2) is 9.78 Å². The number of carboxylic acid groups (broad SMARTS) is 1. The zero-order valence-corrected chi connectivity index (χ0v) is 12.5. The number of aromatic carboxylic acids is 1. The van der Waals surface area contributed by atoms with Crippen molar-refractivity contribution < 1.29 is 19.8 Å². The molecule has 118 valence electrons. The van der Waals surface area contributed by atoms with E-state index in [4.69, 9.17) is 5.11 Å². The minimum absolute atomic E-state index is 0.00876. The third kappa shape index (κ3) is 3.25. The predicted molar refractivity (Wildman–Crippen MR) is 79.9 cm³/mol. The van der Waals surface area contributed by atoms with E-state index in [1.807, 2.05) is 13.8 Å². The SMILES string of the molecule is CC(C)C[C@@H](CO)NC(=O)c1cccn2c(C(=O)O)cnc12. The molecule has 0 aromatic carbocycles. The fourth-order valence-electron chi connectivity index (χ4n) is 2.36. The molecule has 2 aromatic rings. The number of nitrogens with one attached hydrogen (secondary N) is 1. The second kappa shape index (κ2) is 6.57. The van der Waals surface area contributed by atoms with Gasteiger partial charge in [0.25, 0.3) is 5.91 Å². The molecule has 1 amide bonds. The van der Waals surface area contributed by atoms with Crippen LogP contribution in [-0.2, 0) is 0 Å². The molecular weight excluding hydrogens is 286 g/mol. The molecule has 0 saturated heterocycles. The minimum Gasteiger partial charge on any atom is -0.477 e. The first-order valence-electron chi connectivity index (χ1n) is 7.05. The van der Waals surface area contributed by atoms with E-state index in [1.165, 1.54) is 10.6 Å². The molecular formula is C15H19N3O4. The topological polar surface area (TPSA) is 104 Å². The van der Waals surface area contributed by atoms with E-state index < -0.39 is 5.97 Å². The van der Waals surface area contributed by atoms with Gasteiger partial charge in [-0.3, -0.25) is 9.20 Å². The van der Waals surface area contributed by atoms with Crippen LogP contribution in [0.5, 0.6) is 0 Å². The van der Waals surface area contributed by atoms with E-state index in [-0.39, 0.29) is 35.5 Å². The fraction of sp³-hybridized carbons (Fsp3) is 0.400. The highest BCUT2D eigenvalue weighted by Crippen LogP contribution is 2.13. The van der Waals surface area contributed by atoms with Crippen molar-refractivity contribution in [2.24, 2.45) is 5.92 Å². The second-order valence-electron chi connectivity index (χ2n) is 5.55. The Bertz CT molecular complexity index is 693. The number of pyridine rings is 1. The number of aliphatic hydroxyl groups excluding tert-OH is 1. The van der Waals surface area contributed by atoms with E-state index in [2.05, 4.69) is 10.3 Å². The number of aliphatic hydroxyl groups is 1. The van der Waals surface area contributed by atoms with Crippen molar-refractivity contribution in [3.63, 3.8) is 0 Å². The summed E-state index contributed by atoms with van der Waals surface area (Å²) in [5.74, 6) is -1.16. The Kier molecular flexibility index (Phi) is 4.77. The lowest BCUT2D eigenvalue weighted by atomic mass is 10.0. The summed E-state index contributed by atoms with van der Waals surface area (Å²) in [6, 6.07) is 2.82. The Labute approximate surface area is 127 Å². The van der Waals surface area contributed by atoms with Gasteiger partial charge in [0, 0.05) is 6.20 Å². The number of aromatic nitrogens is 2. The van der Waals surface area contributed by atoms with Gasteiger partial charge in [0.2, 0.25) is 0 Å².